The maximum atomic E-state index is 13.2. The minimum absolute atomic E-state index is 0.336. The van der Waals surface area contributed by atoms with Gasteiger partial charge in [-0.15, -0.1) is 11.3 Å². The van der Waals surface area contributed by atoms with Crippen molar-refractivity contribution >= 4 is 27.3 Å². The Kier molecular flexibility index (Phi) is 3.64. The lowest BCUT2D eigenvalue weighted by Gasteiger charge is -2.01. The van der Waals surface area contributed by atoms with Crippen molar-refractivity contribution < 1.29 is 8.91 Å². The zero-order chi connectivity index (χ0) is 14.1. The normalized spacial score (nSPS) is 12.6. The molecule has 0 aliphatic heterocycles. The summed E-state index contributed by atoms with van der Waals surface area (Å²) in [6.45, 7) is 0. The first-order chi connectivity index (χ1) is 9.65. The number of halogens is 2. The van der Waals surface area contributed by atoms with Crippen LogP contribution in [0.15, 0.2) is 44.7 Å². The zero-order valence-corrected chi connectivity index (χ0v) is 12.5. The molecule has 1 aromatic carbocycles. The van der Waals surface area contributed by atoms with Crippen LogP contribution in [0.3, 0.4) is 0 Å². The molecule has 0 saturated heterocycles. The molecule has 2 aromatic heterocycles. The lowest BCUT2D eigenvalue weighted by atomic mass is 10.2. The minimum Gasteiger partial charge on any atom is -0.337 e. The number of aromatic nitrogens is 2. The van der Waals surface area contributed by atoms with Crippen LogP contribution in [0.25, 0.3) is 11.4 Å². The van der Waals surface area contributed by atoms with E-state index in [1.54, 1.807) is 12.1 Å². The number of nitrogens with zero attached hydrogens (tertiary/aromatic N) is 2. The summed E-state index contributed by atoms with van der Waals surface area (Å²) in [6, 6.07) is 7.91. The maximum Gasteiger partial charge on any atom is 0.249 e. The van der Waals surface area contributed by atoms with Gasteiger partial charge in [0.2, 0.25) is 11.7 Å². The molecule has 1 atom stereocenters. The Morgan fingerprint density at radius 1 is 1.35 bits per heavy atom. The van der Waals surface area contributed by atoms with Gasteiger partial charge < -0.3 is 10.3 Å². The van der Waals surface area contributed by atoms with Gasteiger partial charge in [0.1, 0.15) is 11.9 Å². The van der Waals surface area contributed by atoms with E-state index in [1.165, 1.54) is 17.4 Å². The fourth-order valence-electron chi connectivity index (χ4n) is 1.70. The fraction of sp³-hybridized carbons (Fsp3) is 0.0769. The van der Waals surface area contributed by atoms with E-state index in [0.717, 1.165) is 4.88 Å². The summed E-state index contributed by atoms with van der Waals surface area (Å²) in [6.07, 6.45) is 0. The van der Waals surface area contributed by atoms with Gasteiger partial charge in [-0.25, -0.2) is 4.39 Å². The fourth-order valence-corrected chi connectivity index (χ4v) is 2.80. The van der Waals surface area contributed by atoms with Crippen molar-refractivity contribution in [1.29, 1.82) is 0 Å². The molecule has 7 heteroatoms. The first-order valence-electron chi connectivity index (χ1n) is 5.73. The predicted molar refractivity (Wildman–Crippen MR) is 77.7 cm³/mol. The van der Waals surface area contributed by atoms with Crippen LogP contribution in [-0.2, 0) is 0 Å². The van der Waals surface area contributed by atoms with Crippen molar-refractivity contribution in [3.05, 3.63) is 56.8 Å². The van der Waals surface area contributed by atoms with Crippen LogP contribution in [0.1, 0.15) is 16.8 Å². The van der Waals surface area contributed by atoms with Gasteiger partial charge in [0.25, 0.3) is 0 Å². The van der Waals surface area contributed by atoms with Crippen molar-refractivity contribution in [1.82, 2.24) is 10.1 Å². The van der Waals surface area contributed by atoms with Gasteiger partial charge in [-0.05, 0) is 45.6 Å². The summed E-state index contributed by atoms with van der Waals surface area (Å²) < 4.78 is 18.7. The quantitative estimate of drug-likeness (QED) is 0.778. The van der Waals surface area contributed by atoms with E-state index < -0.39 is 6.04 Å². The van der Waals surface area contributed by atoms with Crippen LogP contribution in [-0.4, -0.2) is 10.1 Å². The average Bonchev–Trinajstić information content (AvgIpc) is 3.11. The smallest absolute Gasteiger partial charge is 0.249 e. The third-order valence-corrected chi connectivity index (χ3v) is 4.30. The summed E-state index contributed by atoms with van der Waals surface area (Å²) in [5, 5.41) is 5.82. The Hall–Kier alpha value is -1.57. The second-order valence-corrected chi connectivity index (χ2v) is 5.91. The highest BCUT2D eigenvalue weighted by Gasteiger charge is 2.18. The van der Waals surface area contributed by atoms with Crippen LogP contribution in [0.5, 0.6) is 0 Å². The third-order valence-electron chi connectivity index (χ3n) is 2.74. The molecule has 4 nitrogen and oxygen atoms in total. The summed E-state index contributed by atoms with van der Waals surface area (Å²) >= 11 is 4.65. The number of hydrogen-bond donors (Lipinski definition) is 1. The molecule has 0 fully saturated rings. The Balaban J connectivity index is 1.92. The monoisotopic (exact) mass is 353 g/mol. The van der Waals surface area contributed by atoms with E-state index in [1.807, 2.05) is 17.5 Å². The van der Waals surface area contributed by atoms with Gasteiger partial charge in [-0.3, -0.25) is 0 Å². The van der Waals surface area contributed by atoms with E-state index in [2.05, 4.69) is 26.1 Å². The van der Waals surface area contributed by atoms with Gasteiger partial charge >= 0.3 is 0 Å². The molecule has 102 valence electrons. The van der Waals surface area contributed by atoms with Crippen LogP contribution < -0.4 is 5.73 Å². The molecule has 0 saturated carbocycles. The molecule has 0 bridgehead atoms. The van der Waals surface area contributed by atoms with Gasteiger partial charge in [-0.2, -0.15) is 4.98 Å². The predicted octanol–water partition coefficient (Wildman–Crippen LogP) is 3.75. The zero-order valence-electron chi connectivity index (χ0n) is 10.1. The highest BCUT2D eigenvalue weighted by atomic mass is 79.9. The van der Waals surface area contributed by atoms with Gasteiger partial charge in [0.05, 0.1) is 4.47 Å². The van der Waals surface area contributed by atoms with Gasteiger partial charge in [0, 0.05) is 10.4 Å². The first kappa shape index (κ1) is 13.4. The molecule has 2 N–H and O–H groups in total. The molecule has 2 heterocycles. The van der Waals surface area contributed by atoms with Crippen LogP contribution in [0, 0.1) is 5.82 Å². The largest absolute Gasteiger partial charge is 0.337 e. The molecule has 0 spiro atoms. The Labute approximate surface area is 126 Å². The van der Waals surface area contributed by atoms with Crippen LogP contribution in [0.4, 0.5) is 4.39 Å². The first-order valence-corrected chi connectivity index (χ1v) is 7.40. The van der Waals surface area contributed by atoms with Crippen molar-refractivity contribution in [3.63, 3.8) is 0 Å². The number of rotatable bonds is 3. The van der Waals surface area contributed by atoms with E-state index >= 15 is 0 Å². The van der Waals surface area contributed by atoms with Crippen molar-refractivity contribution in [2.24, 2.45) is 5.73 Å². The highest BCUT2D eigenvalue weighted by Crippen LogP contribution is 2.26. The third kappa shape index (κ3) is 2.52. The number of hydrogen-bond acceptors (Lipinski definition) is 5. The maximum absolute atomic E-state index is 13.2. The molecular weight excluding hydrogens is 345 g/mol. The molecule has 0 aliphatic carbocycles. The second-order valence-electron chi connectivity index (χ2n) is 4.08. The lowest BCUT2D eigenvalue weighted by molar-refractivity contribution is 0.368. The summed E-state index contributed by atoms with van der Waals surface area (Å²) in [7, 11) is 0. The molecule has 0 radical (unpaired) electrons. The standard InChI is InChI=1S/C13H9BrFN3OS/c14-8-6-7(3-4-9(8)15)12-17-13(19-18-12)11(16)10-2-1-5-20-10/h1-6,11H,16H2. The number of benzene rings is 1. The Bertz CT molecular complexity index is 729. The van der Waals surface area contributed by atoms with Crippen LogP contribution >= 0.6 is 27.3 Å². The SMILES string of the molecule is NC(c1nc(-c2ccc(F)c(Br)c2)no1)c1cccs1. The second kappa shape index (κ2) is 5.43. The van der Waals surface area contributed by atoms with E-state index in [0.29, 0.717) is 21.8 Å². The van der Waals surface area contributed by atoms with Gasteiger partial charge in [-0.1, -0.05) is 11.2 Å². The topological polar surface area (TPSA) is 64.9 Å². The van der Waals surface area contributed by atoms with Crippen molar-refractivity contribution in [2.45, 2.75) is 6.04 Å². The van der Waals surface area contributed by atoms with E-state index in [-0.39, 0.29) is 5.82 Å². The lowest BCUT2D eigenvalue weighted by Crippen LogP contribution is -2.10. The molecular formula is C13H9BrFN3OS. The number of nitrogens with two attached hydrogens (primary N) is 1. The molecule has 3 rings (SSSR count). The summed E-state index contributed by atoms with van der Waals surface area (Å²) in [5.74, 6) is 0.378. The van der Waals surface area contributed by atoms with Crippen LogP contribution in [0.2, 0.25) is 0 Å². The minimum atomic E-state index is -0.444. The molecule has 0 aliphatic rings. The van der Waals surface area contributed by atoms with Gasteiger partial charge in [0.15, 0.2) is 0 Å². The van der Waals surface area contributed by atoms with Crippen molar-refractivity contribution in [3.8, 4) is 11.4 Å². The molecule has 3 aromatic rings. The van der Waals surface area contributed by atoms with E-state index in [4.69, 9.17) is 10.3 Å². The molecule has 20 heavy (non-hydrogen) atoms. The highest BCUT2D eigenvalue weighted by molar-refractivity contribution is 9.10. The summed E-state index contributed by atoms with van der Waals surface area (Å²) in [5.41, 5.74) is 6.71. The molecule has 0 amide bonds. The van der Waals surface area contributed by atoms with Crippen molar-refractivity contribution in [2.75, 3.05) is 0 Å². The summed E-state index contributed by atoms with van der Waals surface area (Å²) in [4.78, 5) is 5.21. The number of thiophene rings is 1. The Morgan fingerprint density at radius 3 is 2.90 bits per heavy atom. The average molecular weight is 354 g/mol. The van der Waals surface area contributed by atoms with E-state index in [9.17, 15) is 4.39 Å². The molecule has 1 unspecified atom stereocenters. The Morgan fingerprint density at radius 2 is 2.20 bits per heavy atom.